The number of pyridine rings is 1. The fourth-order valence-electron chi connectivity index (χ4n) is 2.80. The Balaban J connectivity index is 1.99. The van der Waals surface area contributed by atoms with Crippen molar-refractivity contribution < 1.29 is 23.9 Å². The van der Waals surface area contributed by atoms with Crippen LogP contribution in [-0.2, 0) is 19.1 Å². The van der Waals surface area contributed by atoms with Gasteiger partial charge in [-0.3, -0.25) is 9.78 Å². The maximum atomic E-state index is 12.5. The number of aromatic nitrogens is 1. The smallest absolute Gasteiger partial charge is 0.355 e. The highest BCUT2D eigenvalue weighted by molar-refractivity contribution is 6.06. The first-order valence-electron chi connectivity index (χ1n) is 8.91. The quantitative estimate of drug-likeness (QED) is 0.764. The second-order valence-electron chi connectivity index (χ2n) is 6.06. The summed E-state index contributed by atoms with van der Waals surface area (Å²) in [6.45, 7) is 0. The van der Waals surface area contributed by atoms with Crippen LogP contribution in [0.2, 0.25) is 0 Å². The highest BCUT2D eigenvalue weighted by atomic mass is 16.5. The Hall–Kier alpha value is -4.20. The average molecular weight is 405 g/mol. The predicted octanol–water partition coefficient (Wildman–Crippen LogP) is 2.82. The van der Waals surface area contributed by atoms with E-state index in [0.717, 1.165) is 0 Å². The van der Waals surface area contributed by atoms with E-state index in [0.29, 0.717) is 16.9 Å². The van der Waals surface area contributed by atoms with E-state index in [1.54, 1.807) is 60.9 Å². The van der Waals surface area contributed by atoms with E-state index in [1.165, 1.54) is 31.4 Å². The van der Waals surface area contributed by atoms with Crippen molar-refractivity contribution in [2.24, 2.45) is 0 Å². The number of benzene rings is 1. The Kier molecular flexibility index (Phi) is 6.39. The SMILES string of the molecule is COC(=O)C1=C(C(=O)OC)N(c2cccc(NC(=O)c3cccnc3)c2)C=CC=C1. The van der Waals surface area contributed by atoms with Gasteiger partial charge in [-0.1, -0.05) is 12.1 Å². The van der Waals surface area contributed by atoms with Gasteiger partial charge >= 0.3 is 11.9 Å². The fourth-order valence-corrected chi connectivity index (χ4v) is 2.80. The molecule has 0 radical (unpaired) electrons. The number of hydrogen-bond acceptors (Lipinski definition) is 7. The lowest BCUT2D eigenvalue weighted by Gasteiger charge is -2.23. The summed E-state index contributed by atoms with van der Waals surface area (Å²) in [6.07, 6.45) is 9.41. The number of nitrogens with zero attached hydrogens (tertiary/aromatic N) is 2. The van der Waals surface area contributed by atoms with Gasteiger partial charge in [0.2, 0.25) is 0 Å². The van der Waals surface area contributed by atoms with Crippen LogP contribution in [0.1, 0.15) is 10.4 Å². The number of allylic oxidation sites excluding steroid dienone is 2. The van der Waals surface area contributed by atoms with Crippen LogP contribution in [0.3, 0.4) is 0 Å². The minimum absolute atomic E-state index is 0.00918. The molecule has 0 fully saturated rings. The summed E-state index contributed by atoms with van der Waals surface area (Å²) in [6, 6.07) is 10.1. The Morgan fingerprint density at radius 2 is 1.80 bits per heavy atom. The molecule has 0 saturated carbocycles. The van der Waals surface area contributed by atoms with E-state index < -0.39 is 11.9 Å². The van der Waals surface area contributed by atoms with Gasteiger partial charge in [-0.25, -0.2) is 9.59 Å². The third-order valence-corrected chi connectivity index (χ3v) is 4.20. The summed E-state index contributed by atoms with van der Waals surface area (Å²) in [4.78, 5) is 42.6. The first-order valence-corrected chi connectivity index (χ1v) is 8.91. The van der Waals surface area contributed by atoms with Crippen molar-refractivity contribution in [1.82, 2.24) is 4.98 Å². The highest BCUT2D eigenvalue weighted by Crippen LogP contribution is 2.28. The van der Waals surface area contributed by atoms with Crippen molar-refractivity contribution in [3.8, 4) is 0 Å². The molecular weight excluding hydrogens is 386 g/mol. The van der Waals surface area contributed by atoms with Crippen LogP contribution in [0.4, 0.5) is 11.4 Å². The number of rotatable bonds is 5. The molecule has 152 valence electrons. The molecule has 0 bridgehead atoms. The van der Waals surface area contributed by atoms with E-state index in [2.05, 4.69) is 10.3 Å². The molecule has 0 saturated heterocycles. The zero-order valence-corrected chi connectivity index (χ0v) is 16.4. The van der Waals surface area contributed by atoms with Crippen molar-refractivity contribution in [2.75, 3.05) is 24.4 Å². The number of carbonyl (C=O) groups excluding carboxylic acids is 3. The molecule has 0 atom stereocenters. The third-order valence-electron chi connectivity index (χ3n) is 4.20. The summed E-state index contributed by atoms with van der Waals surface area (Å²) in [5.74, 6) is -1.72. The largest absolute Gasteiger partial charge is 0.465 e. The Bertz CT molecular complexity index is 1060. The molecule has 8 heteroatoms. The molecule has 0 unspecified atom stereocenters. The van der Waals surface area contributed by atoms with Crippen LogP contribution in [0.5, 0.6) is 0 Å². The van der Waals surface area contributed by atoms with Crippen LogP contribution in [-0.4, -0.2) is 37.0 Å². The van der Waals surface area contributed by atoms with Crippen LogP contribution in [0.15, 0.2) is 84.5 Å². The molecule has 3 rings (SSSR count). The number of amides is 1. The number of esters is 2. The average Bonchev–Trinajstić information content (AvgIpc) is 3.02. The molecule has 2 aromatic rings. The van der Waals surface area contributed by atoms with Crippen molar-refractivity contribution in [3.05, 3.63) is 90.1 Å². The van der Waals surface area contributed by atoms with E-state index in [4.69, 9.17) is 9.47 Å². The van der Waals surface area contributed by atoms with Gasteiger partial charge in [0.1, 0.15) is 5.70 Å². The van der Waals surface area contributed by atoms with E-state index in [9.17, 15) is 14.4 Å². The Morgan fingerprint density at radius 1 is 1.00 bits per heavy atom. The van der Waals surface area contributed by atoms with Crippen molar-refractivity contribution in [1.29, 1.82) is 0 Å². The molecule has 0 aliphatic carbocycles. The van der Waals surface area contributed by atoms with Crippen molar-refractivity contribution in [3.63, 3.8) is 0 Å². The Morgan fingerprint density at radius 3 is 2.50 bits per heavy atom. The molecule has 2 heterocycles. The van der Waals surface area contributed by atoms with E-state index >= 15 is 0 Å². The molecule has 30 heavy (non-hydrogen) atoms. The standard InChI is InChI=1S/C22H19N3O5/c1-29-21(27)18-10-3-4-12-25(19(18)22(28)30-2)17-9-5-8-16(13-17)24-20(26)15-7-6-11-23-14-15/h3-14H,1-2H3,(H,24,26). The number of ether oxygens (including phenoxy) is 2. The number of nitrogens with one attached hydrogen (secondary N) is 1. The van der Waals surface area contributed by atoms with Gasteiger partial charge in [0.25, 0.3) is 5.91 Å². The number of hydrogen-bond donors (Lipinski definition) is 1. The number of carbonyl (C=O) groups is 3. The Labute approximate surface area is 173 Å². The summed E-state index contributed by atoms with van der Waals surface area (Å²) in [5, 5.41) is 2.79. The zero-order chi connectivity index (χ0) is 21.5. The minimum atomic E-state index is -0.712. The van der Waals surface area contributed by atoms with Crippen LogP contribution in [0.25, 0.3) is 0 Å². The normalized spacial score (nSPS) is 12.9. The highest BCUT2D eigenvalue weighted by Gasteiger charge is 2.27. The molecule has 1 aliphatic rings. The number of methoxy groups -OCH3 is 2. The summed E-state index contributed by atoms with van der Waals surface area (Å²) >= 11 is 0. The molecule has 1 amide bonds. The van der Waals surface area contributed by atoms with Gasteiger partial charge < -0.3 is 19.7 Å². The summed E-state index contributed by atoms with van der Waals surface area (Å²) in [7, 11) is 2.46. The number of anilines is 2. The van der Waals surface area contributed by atoms with Crippen molar-refractivity contribution in [2.45, 2.75) is 0 Å². The maximum absolute atomic E-state index is 12.5. The van der Waals surface area contributed by atoms with Crippen LogP contribution >= 0.6 is 0 Å². The van der Waals surface area contributed by atoms with Gasteiger partial charge in [-0.05, 0) is 42.5 Å². The second-order valence-corrected chi connectivity index (χ2v) is 6.06. The molecule has 1 N–H and O–H groups in total. The molecule has 8 nitrogen and oxygen atoms in total. The van der Waals surface area contributed by atoms with Crippen LogP contribution < -0.4 is 10.2 Å². The van der Waals surface area contributed by atoms with Gasteiger partial charge in [0, 0.05) is 30.0 Å². The minimum Gasteiger partial charge on any atom is -0.465 e. The lowest BCUT2D eigenvalue weighted by molar-refractivity contribution is -0.139. The molecular formula is C22H19N3O5. The van der Waals surface area contributed by atoms with Crippen LogP contribution in [0, 0.1) is 0 Å². The monoisotopic (exact) mass is 405 g/mol. The third kappa shape index (κ3) is 4.44. The fraction of sp³-hybridized carbons (Fsp3) is 0.0909. The summed E-state index contributed by atoms with van der Waals surface area (Å²) in [5.41, 5.74) is 1.46. The first kappa shape index (κ1) is 20.5. The molecule has 0 spiro atoms. The predicted molar refractivity (Wildman–Crippen MR) is 110 cm³/mol. The zero-order valence-electron chi connectivity index (χ0n) is 16.4. The molecule has 1 aromatic carbocycles. The van der Waals surface area contributed by atoms with E-state index in [-0.39, 0.29) is 17.2 Å². The maximum Gasteiger partial charge on any atom is 0.355 e. The lowest BCUT2D eigenvalue weighted by atomic mass is 10.1. The summed E-state index contributed by atoms with van der Waals surface area (Å²) < 4.78 is 9.69. The first-order chi connectivity index (χ1) is 14.5. The molecule has 1 aromatic heterocycles. The van der Waals surface area contributed by atoms with Gasteiger partial charge in [-0.2, -0.15) is 0 Å². The van der Waals surface area contributed by atoms with Crippen molar-refractivity contribution >= 4 is 29.2 Å². The topological polar surface area (TPSA) is 97.8 Å². The second kappa shape index (κ2) is 9.33. The van der Waals surface area contributed by atoms with Gasteiger partial charge in [0.15, 0.2) is 0 Å². The van der Waals surface area contributed by atoms with E-state index in [1.807, 2.05) is 0 Å². The lowest BCUT2D eigenvalue weighted by Crippen LogP contribution is -2.27. The van der Waals surface area contributed by atoms with Gasteiger partial charge in [0.05, 0.1) is 25.4 Å². The van der Waals surface area contributed by atoms with Gasteiger partial charge in [-0.15, -0.1) is 0 Å². The molecule has 1 aliphatic heterocycles.